The summed E-state index contributed by atoms with van der Waals surface area (Å²) in [6.45, 7) is 11.7. The number of rotatable bonds is 4. The van der Waals surface area contributed by atoms with Crippen LogP contribution in [-0.2, 0) is 17.6 Å². The highest BCUT2D eigenvalue weighted by Crippen LogP contribution is 2.38. The second kappa shape index (κ2) is 5.41. The molecule has 0 saturated carbocycles. The van der Waals surface area contributed by atoms with Crippen molar-refractivity contribution in [2.24, 2.45) is 0 Å². The van der Waals surface area contributed by atoms with Crippen molar-refractivity contribution in [3.63, 3.8) is 0 Å². The summed E-state index contributed by atoms with van der Waals surface area (Å²) in [6.07, 6.45) is 0. The molecule has 0 amide bonds. The van der Waals surface area contributed by atoms with Gasteiger partial charge in [-0.2, -0.15) is 0 Å². The van der Waals surface area contributed by atoms with Gasteiger partial charge in [0.1, 0.15) is 0 Å². The number of hydrogen-bond acceptors (Lipinski definition) is 3. The zero-order valence-electron chi connectivity index (χ0n) is 11.1. The van der Waals surface area contributed by atoms with E-state index in [9.17, 15) is 0 Å². The smallest absolute Gasteiger partial charge is 0.192 e. The van der Waals surface area contributed by atoms with Gasteiger partial charge in [-0.15, -0.1) is 11.3 Å². The van der Waals surface area contributed by atoms with Gasteiger partial charge in [-0.25, -0.2) is 0 Å². The van der Waals surface area contributed by atoms with E-state index in [0.717, 1.165) is 14.8 Å². The van der Waals surface area contributed by atoms with Gasteiger partial charge in [0, 0.05) is 10.4 Å². The first-order valence-corrected chi connectivity index (χ1v) is 9.79. The lowest BCUT2D eigenvalue weighted by atomic mass is 10.2. The van der Waals surface area contributed by atoms with E-state index in [2.05, 4.69) is 33.9 Å². The maximum atomic E-state index is 9.05. The Balaban J connectivity index is 2.70. The van der Waals surface area contributed by atoms with Crippen LogP contribution in [0.25, 0.3) is 0 Å². The maximum absolute atomic E-state index is 9.05. The van der Waals surface area contributed by atoms with Crippen LogP contribution in [0.3, 0.4) is 0 Å². The van der Waals surface area contributed by atoms with Gasteiger partial charge < -0.3 is 9.53 Å². The number of hydrogen-bond donors (Lipinski definition) is 1. The molecule has 0 aliphatic carbocycles. The van der Waals surface area contributed by atoms with Crippen molar-refractivity contribution in [2.45, 2.75) is 52.1 Å². The molecule has 0 fully saturated rings. The van der Waals surface area contributed by atoms with Crippen LogP contribution in [0.1, 0.15) is 31.2 Å². The Hall–Kier alpha value is 0.127. The first-order chi connectivity index (χ1) is 7.67. The second-order valence-corrected chi connectivity index (χ2v) is 12.3. The highest BCUT2D eigenvalue weighted by Gasteiger charge is 2.37. The standard InChI is InChI=1S/C12H21ClO2SSi/c1-12(2,3)17(4,5)15-8-9-6-10(7-14)16-11(9)13/h6,14H,7-8H2,1-5H3. The van der Waals surface area contributed by atoms with Crippen LogP contribution >= 0.6 is 22.9 Å². The maximum Gasteiger partial charge on any atom is 0.192 e. The lowest BCUT2D eigenvalue weighted by Crippen LogP contribution is -2.40. The summed E-state index contributed by atoms with van der Waals surface area (Å²) in [5, 5.41) is 9.26. The van der Waals surface area contributed by atoms with Crippen molar-refractivity contribution in [1.82, 2.24) is 0 Å². The molecular weight excluding hydrogens is 272 g/mol. The van der Waals surface area contributed by atoms with Crippen LogP contribution in [-0.4, -0.2) is 13.4 Å². The van der Waals surface area contributed by atoms with Gasteiger partial charge in [-0.3, -0.25) is 0 Å². The Morgan fingerprint density at radius 1 is 1.41 bits per heavy atom. The molecule has 1 N–H and O–H groups in total. The van der Waals surface area contributed by atoms with E-state index in [0.29, 0.717) is 6.61 Å². The highest BCUT2D eigenvalue weighted by atomic mass is 35.5. The average Bonchev–Trinajstić information content (AvgIpc) is 2.55. The lowest BCUT2D eigenvalue weighted by Gasteiger charge is -2.36. The molecule has 1 aromatic heterocycles. The third-order valence-corrected chi connectivity index (χ3v) is 9.26. The molecule has 5 heteroatoms. The minimum Gasteiger partial charge on any atom is -0.412 e. The third-order valence-electron chi connectivity index (χ3n) is 3.36. The van der Waals surface area contributed by atoms with E-state index in [1.807, 2.05) is 6.07 Å². The monoisotopic (exact) mass is 292 g/mol. The van der Waals surface area contributed by atoms with Crippen molar-refractivity contribution in [3.05, 3.63) is 20.8 Å². The van der Waals surface area contributed by atoms with E-state index in [1.165, 1.54) is 11.3 Å². The Morgan fingerprint density at radius 3 is 2.41 bits per heavy atom. The van der Waals surface area contributed by atoms with Crippen LogP contribution in [0.15, 0.2) is 6.07 Å². The third kappa shape index (κ3) is 3.79. The van der Waals surface area contributed by atoms with Crippen LogP contribution < -0.4 is 0 Å². The molecule has 0 spiro atoms. The first-order valence-electron chi connectivity index (χ1n) is 5.69. The largest absolute Gasteiger partial charge is 0.412 e. The van der Waals surface area contributed by atoms with Gasteiger partial charge in [0.15, 0.2) is 8.32 Å². The van der Waals surface area contributed by atoms with Crippen LogP contribution in [0.4, 0.5) is 0 Å². The molecule has 0 aliphatic heterocycles. The zero-order valence-corrected chi connectivity index (χ0v) is 13.7. The van der Waals surface area contributed by atoms with Crippen molar-refractivity contribution in [2.75, 3.05) is 0 Å². The molecule has 0 atom stereocenters. The van der Waals surface area contributed by atoms with Crippen LogP contribution in [0.2, 0.25) is 22.5 Å². The minimum absolute atomic E-state index is 0.0461. The molecule has 2 nitrogen and oxygen atoms in total. The number of aliphatic hydroxyl groups excluding tert-OH is 1. The Kier molecular flexibility index (Phi) is 4.83. The van der Waals surface area contributed by atoms with Crippen molar-refractivity contribution in [3.8, 4) is 0 Å². The number of aliphatic hydroxyl groups is 1. The SMILES string of the molecule is CC(C)(C)[Si](C)(C)OCc1cc(CO)sc1Cl. The van der Waals surface area contributed by atoms with Crippen LogP contribution in [0, 0.1) is 0 Å². The van der Waals surface area contributed by atoms with Gasteiger partial charge in [0.25, 0.3) is 0 Å². The van der Waals surface area contributed by atoms with Gasteiger partial charge >= 0.3 is 0 Å². The molecule has 0 aromatic carbocycles. The summed E-state index contributed by atoms with van der Waals surface area (Å²) < 4.78 is 6.83. The molecule has 0 unspecified atom stereocenters. The predicted molar refractivity (Wildman–Crippen MR) is 77.2 cm³/mol. The molecule has 0 bridgehead atoms. The number of thiophene rings is 1. The summed E-state index contributed by atoms with van der Waals surface area (Å²) in [5.74, 6) is 0. The van der Waals surface area contributed by atoms with Crippen LogP contribution in [0.5, 0.6) is 0 Å². The highest BCUT2D eigenvalue weighted by molar-refractivity contribution is 7.16. The molecule has 98 valence electrons. The summed E-state index contributed by atoms with van der Waals surface area (Å²) in [4.78, 5) is 0.892. The second-order valence-electron chi connectivity index (χ2n) is 5.72. The summed E-state index contributed by atoms with van der Waals surface area (Å²) in [6, 6.07) is 1.93. The normalized spacial score (nSPS) is 13.1. The summed E-state index contributed by atoms with van der Waals surface area (Å²) >= 11 is 7.53. The fraction of sp³-hybridized carbons (Fsp3) is 0.667. The fourth-order valence-corrected chi connectivity index (χ4v) is 3.21. The van der Waals surface area contributed by atoms with E-state index in [-0.39, 0.29) is 11.6 Å². The molecular formula is C12H21ClO2SSi. The van der Waals surface area contributed by atoms with E-state index >= 15 is 0 Å². The van der Waals surface area contributed by atoms with Crippen molar-refractivity contribution < 1.29 is 9.53 Å². The number of halogens is 1. The van der Waals surface area contributed by atoms with Gasteiger partial charge in [-0.1, -0.05) is 32.4 Å². The lowest BCUT2D eigenvalue weighted by molar-refractivity contribution is 0.275. The van der Waals surface area contributed by atoms with E-state index in [4.69, 9.17) is 21.1 Å². The van der Waals surface area contributed by atoms with E-state index < -0.39 is 8.32 Å². The Labute approximate surface area is 114 Å². The molecule has 0 saturated heterocycles. The zero-order chi connectivity index (χ0) is 13.3. The first kappa shape index (κ1) is 15.2. The molecule has 0 radical (unpaired) electrons. The van der Waals surface area contributed by atoms with Gasteiger partial charge in [0.05, 0.1) is 17.6 Å². The molecule has 0 aliphatic rings. The van der Waals surface area contributed by atoms with Gasteiger partial charge in [-0.05, 0) is 24.2 Å². The Bertz CT molecular complexity index is 382. The quantitative estimate of drug-likeness (QED) is 0.833. The summed E-state index contributed by atoms with van der Waals surface area (Å²) in [7, 11) is -1.73. The molecule has 1 aromatic rings. The Morgan fingerprint density at radius 2 is 2.00 bits per heavy atom. The predicted octanol–water partition coefficient (Wildman–Crippen LogP) is 4.42. The van der Waals surface area contributed by atoms with Crippen molar-refractivity contribution >= 4 is 31.3 Å². The summed E-state index contributed by atoms with van der Waals surface area (Å²) in [5.41, 5.74) is 0.991. The molecule has 1 rings (SSSR count). The average molecular weight is 293 g/mol. The topological polar surface area (TPSA) is 29.5 Å². The van der Waals surface area contributed by atoms with Gasteiger partial charge in [0.2, 0.25) is 0 Å². The molecule has 1 heterocycles. The molecule has 17 heavy (non-hydrogen) atoms. The van der Waals surface area contributed by atoms with E-state index in [1.54, 1.807) is 0 Å². The minimum atomic E-state index is -1.73. The van der Waals surface area contributed by atoms with Crippen molar-refractivity contribution in [1.29, 1.82) is 0 Å². The fourth-order valence-electron chi connectivity index (χ4n) is 1.11.